The number of rotatable bonds is 6. The highest BCUT2D eigenvalue weighted by Crippen LogP contribution is 2.29. The van der Waals surface area contributed by atoms with Crippen LogP contribution in [-0.4, -0.2) is 31.5 Å². The Labute approximate surface area is 113 Å². The fraction of sp³-hybridized carbons (Fsp3) is 0.250. The van der Waals surface area contributed by atoms with E-state index in [9.17, 15) is 5.11 Å². The first kappa shape index (κ1) is 13.6. The van der Waals surface area contributed by atoms with E-state index in [0.717, 1.165) is 16.9 Å². The zero-order chi connectivity index (χ0) is 13.5. The van der Waals surface area contributed by atoms with E-state index in [1.165, 1.54) is 0 Å². The first-order chi connectivity index (χ1) is 9.31. The van der Waals surface area contributed by atoms with Gasteiger partial charge in [0.1, 0.15) is 18.5 Å². The Bertz CT molecular complexity index is 496. The van der Waals surface area contributed by atoms with Crippen molar-refractivity contribution in [3.63, 3.8) is 0 Å². The van der Waals surface area contributed by atoms with Crippen molar-refractivity contribution in [1.29, 1.82) is 0 Å². The molecule has 0 spiro atoms. The summed E-state index contributed by atoms with van der Waals surface area (Å²) in [4.78, 5) is 0. The highest BCUT2D eigenvalue weighted by molar-refractivity contribution is 5.70. The van der Waals surface area contributed by atoms with Gasteiger partial charge >= 0.3 is 0 Å². The molecule has 0 saturated heterocycles. The molecule has 0 aromatic heterocycles. The lowest BCUT2D eigenvalue weighted by molar-refractivity contribution is 0.0327. The molecule has 0 heterocycles. The topological polar surface area (TPSA) is 38.7 Å². The van der Waals surface area contributed by atoms with Crippen LogP contribution in [0.3, 0.4) is 0 Å². The molecule has 2 aromatic rings. The van der Waals surface area contributed by atoms with Crippen LogP contribution in [-0.2, 0) is 4.74 Å². The van der Waals surface area contributed by atoms with Crippen LogP contribution in [0, 0.1) is 0 Å². The van der Waals surface area contributed by atoms with Gasteiger partial charge in [0.2, 0.25) is 0 Å². The minimum absolute atomic E-state index is 0.220. The fourth-order valence-corrected chi connectivity index (χ4v) is 1.88. The van der Waals surface area contributed by atoms with Crippen molar-refractivity contribution in [2.24, 2.45) is 0 Å². The number of para-hydroxylation sites is 1. The van der Waals surface area contributed by atoms with Gasteiger partial charge in [-0.3, -0.25) is 0 Å². The van der Waals surface area contributed by atoms with Crippen molar-refractivity contribution in [1.82, 2.24) is 0 Å². The van der Waals surface area contributed by atoms with E-state index in [2.05, 4.69) is 0 Å². The van der Waals surface area contributed by atoms with Gasteiger partial charge in [0.15, 0.2) is 0 Å². The average Bonchev–Trinajstić information content (AvgIpc) is 2.47. The van der Waals surface area contributed by atoms with Crippen LogP contribution in [0.2, 0.25) is 0 Å². The molecule has 1 atom stereocenters. The van der Waals surface area contributed by atoms with Gasteiger partial charge in [-0.1, -0.05) is 48.5 Å². The standard InChI is InChI=1S/C16H18O3/c1-18-11-14(17)12-19-16-10-6-5-9-15(16)13-7-3-2-4-8-13/h2-10,14,17H,11-12H2,1H3. The van der Waals surface area contributed by atoms with Crippen molar-refractivity contribution in [2.45, 2.75) is 6.10 Å². The molecule has 100 valence electrons. The Morgan fingerprint density at radius 3 is 2.37 bits per heavy atom. The summed E-state index contributed by atoms with van der Waals surface area (Å²) < 4.78 is 10.6. The molecule has 3 nitrogen and oxygen atoms in total. The van der Waals surface area contributed by atoms with Crippen LogP contribution in [0.25, 0.3) is 11.1 Å². The number of methoxy groups -OCH3 is 1. The molecule has 3 heteroatoms. The molecular weight excluding hydrogens is 240 g/mol. The number of ether oxygens (including phenoxy) is 2. The Hall–Kier alpha value is -1.84. The van der Waals surface area contributed by atoms with Gasteiger partial charge in [-0.15, -0.1) is 0 Å². The maximum Gasteiger partial charge on any atom is 0.127 e. The van der Waals surface area contributed by atoms with Gasteiger partial charge < -0.3 is 14.6 Å². The molecule has 1 unspecified atom stereocenters. The summed E-state index contributed by atoms with van der Waals surface area (Å²) in [7, 11) is 1.56. The predicted molar refractivity (Wildman–Crippen MR) is 75.3 cm³/mol. The molecule has 0 aliphatic carbocycles. The summed E-state index contributed by atoms with van der Waals surface area (Å²) >= 11 is 0. The van der Waals surface area contributed by atoms with Crippen molar-refractivity contribution in [3.8, 4) is 16.9 Å². The summed E-state index contributed by atoms with van der Waals surface area (Å²) in [5, 5.41) is 9.62. The first-order valence-corrected chi connectivity index (χ1v) is 6.25. The summed E-state index contributed by atoms with van der Waals surface area (Å²) in [5.74, 6) is 0.767. The lowest BCUT2D eigenvalue weighted by atomic mass is 10.1. The SMILES string of the molecule is COCC(O)COc1ccccc1-c1ccccc1. The Balaban J connectivity index is 2.13. The molecule has 19 heavy (non-hydrogen) atoms. The Kier molecular flexibility index (Phi) is 4.95. The van der Waals surface area contributed by atoms with E-state index in [1.807, 2.05) is 54.6 Å². The van der Waals surface area contributed by atoms with Crippen LogP contribution in [0.5, 0.6) is 5.75 Å². The second-order valence-electron chi connectivity index (χ2n) is 4.28. The smallest absolute Gasteiger partial charge is 0.127 e. The van der Waals surface area contributed by atoms with E-state index < -0.39 is 6.10 Å². The highest BCUT2D eigenvalue weighted by atomic mass is 16.5. The first-order valence-electron chi connectivity index (χ1n) is 6.25. The van der Waals surface area contributed by atoms with Crippen molar-refractivity contribution >= 4 is 0 Å². The molecule has 0 aliphatic rings. The average molecular weight is 258 g/mol. The van der Waals surface area contributed by atoms with Crippen LogP contribution in [0.4, 0.5) is 0 Å². The fourth-order valence-electron chi connectivity index (χ4n) is 1.88. The van der Waals surface area contributed by atoms with Crippen molar-refractivity contribution < 1.29 is 14.6 Å². The number of hydrogen-bond donors (Lipinski definition) is 1. The molecule has 2 aromatic carbocycles. The quantitative estimate of drug-likeness (QED) is 0.866. The second-order valence-corrected chi connectivity index (χ2v) is 4.28. The molecule has 2 rings (SSSR count). The lowest BCUT2D eigenvalue weighted by Gasteiger charge is -2.14. The number of benzene rings is 2. The second kappa shape index (κ2) is 6.92. The minimum Gasteiger partial charge on any atom is -0.490 e. The molecule has 1 N–H and O–H groups in total. The van der Waals surface area contributed by atoms with E-state index in [0.29, 0.717) is 0 Å². The molecule has 0 aliphatic heterocycles. The lowest BCUT2D eigenvalue weighted by Crippen LogP contribution is -2.22. The van der Waals surface area contributed by atoms with E-state index >= 15 is 0 Å². The van der Waals surface area contributed by atoms with Gasteiger partial charge in [0.25, 0.3) is 0 Å². The number of aliphatic hydroxyl groups is 1. The van der Waals surface area contributed by atoms with Crippen molar-refractivity contribution in [2.75, 3.05) is 20.3 Å². The largest absolute Gasteiger partial charge is 0.490 e. The molecule has 0 radical (unpaired) electrons. The van der Waals surface area contributed by atoms with Crippen molar-refractivity contribution in [3.05, 3.63) is 54.6 Å². The molecule has 0 fully saturated rings. The normalized spacial score (nSPS) is 12.1. The van der Waals surface area contributed by atoms with E-state index in [1.54, 1.807) is 7.11 Å². The summed E-state index contributed by atoms with van der Waals surface area (Å²) in [6, 6.07) is 17.8. The van der Waals surface area contributed by atoms with Gasteiger partial charge in [-0.25, -0.2) is 0 Å². The van der Waals surface area contributed by atoms with Crippen LogP contribution < -0.4 is 4.74 Å². The Morgan fingerprint density at radius 1 is 0.947 bits per heavy atom. The summed E-state index contributed by atoms with van der Waals surface area (Å²) in [5.41, 5.74) is 2.12. The predicted octanol–water partition coefficient (Wildman–Crippen LogP) is 2.74. The van der Waals surface area contributed by atoms with E-state index in [-0.39, 0.29) is 13.2 Å². The maximum atomic E-state index is 9.62. The third kappa shape index (κ3) is 3.81. The molecule has 0 amide bonds. The van der Waals surface area contributed by atoms with Gasteiger partial charge in [0, 0.05) is 12.7 Å². The summed E-state index contributed by atoms with van der Waals surface area (Å²) in [6.07, 6.45) is -0.617. The zero-order valence-electron chi connectivity index (χ0n) is 11.0. The Morgan fingerprint density at radius 2 is 1.63 bits per heavy atom. The number of aliphatic hydroxyl groups excluding tert-OH is 1. The monoisotopic (exact) mass is 258 g/mol. The summed E-state index contributed by atoms with van der Waals surface area (Å²) in [6.45, 7) is 0.491. The van der Waals surface area contributed by atoms with Gasteiger partial charge in [-0.2, -0.15) is 0 Å². The van der Waals surface area contributed by atoms with Crippen LogP contribution in [0.15, 0.2) is 54.6 Å². The third-order valence-electron chi connectivity index (χ3n) is 2.76. The van der Waals surface area contributed by atoms with Crippen LogP contribution >= 0.6 is 0 Å². The van der Waals surface area contributed by atoms with Crippen LogP contribution in [0.1, 0.15) is 0 Å². The molecular formula is C16H18O3. The molecule has 0 saturated carbocycles. The third-order valence-corrected chi connectivity index (χ3v) is 2.76. The molecule has 0 bridgehead atoms. The minimum atomic E-state index is -0.617. The maximum absolute atomic E-state index is 9.62. The number of hydrogen-bond acceptors (Lipinski definition) is 3. The highest BCUT2D eigenvalue weighted by Gasteiger charge is 2.08. The van der Waals surface area contributed by atoms with Gasteiger partial charge in [-0.05, 0) is 11.6 Å². The zero-order valence-corrected chi connectivity index (χ0v) is 11.0. The van der Waals surface area contributed by atoms with Gasteiger partial charge in [0.05, 0.1) is 6.61 Å². The van der Waals surface area contributed by atoms with E-state index in [4.69, 9.17) is 9.47 Å².